The van der Waals surface area contributed by atoms with Gasteiger partial charge in [0.2, 0.25) is 0 Å². The Morgan fingerprint density at radius 1 is 1.06 bits per heavy atom. The Balaban J connectivity index is 1.64. The quantitative estimate of drug-likeness (QED) is 0.514. The Morgan fingerprint density at radius 3 is 2.45 bits per heavy atom. The van der Waals surface area contributed by atoms with Gasteiger partial charge in [-0.05, 0) is 38.0 Å². The molecule has 3 aromatic rings. The summed E-state index contributed by atoms with van der Waals surface area (Å²) in [6.07, 6.45) is -2.68. The molecule has 1 fully saturated rings. The first-order valence-corrected chi connectivity index (χ1v) is 10.2. The van der Waals surface area contributed by atoms with E-state index in [1.165, 1.54) is 7.11 Å². The van der Waals surface area contributed by atoms with E-state index < -0.39 is 11.7 Å². The number of alkyl halides is 3. The summed E-state index contributed by atoms with van der Waals surface area (Å²) >= 11 is 0. The predicted octanol–water partition coefficient (Wildman–Crippen LogP) is 4.11. The van der Waals surface area contributed by atoms with Crippen LogP contribution in [0.5, 0.6) is 11.5 Å². The Kier molecular flexibility index (Phi) is 5.91. The average molecular weight is 463 g/mol. The number of nitrogen functional groups attached to an aromatic ring is 1. The van der Waals surface area contributed by atoms with Gasteiger partial charge in [0.05, 0.1) is 30.4 Å². The standard InChI is InChI=1S/C22H24F3N5O3/c1-12-28-16-9-17(31-2)18(33-11-21(32-3)4-5-21)8-15(16)20(29-12)27-10-14-6-13(22(23,24)25)7-19(26)30-14/h6-9H,4-5,10-11H2,1-3H3,(H2,26,30)(H,27,28,29). The molecule has 1 aliphatic carbocycles. The summed E-state index contributed by atoms with van der Waals surface area (Å²) in [5.41, 5.74) is 5.16. The van der Waals surface area contributed by atoms with E-state index in [-0.39, 0.29) is 23.7 Å². The maximum atomic E-state index is 13.1. The number of hydrogen-bond donors (Lipinski definition) is 2. The summed E-state index contributed by atoms with van der Waals surface area (Å²) in [6.45, 7) is 2.07. The van der Waals surface area contributed by atoms with Gasteiger partial charge in [-0.3, -0.25) is 0 Å². The fourth-order valence-corrected chi connectivity index (χ4v) is 3.46. The van der Waals surface area contributed by atoms with E-state index in [0.717, 1.165) is 25.0 Å². The maximum absolute atomic E-state index is 13.1. The van der Waals surface area contributed by atoms with Crippen molar-refractivity contribution in [2.24, 2.45) is 0 Å². The fourth-order valence-electron chi connectivity index (χ4n) is 3.46. The highest BCUT2D eigenvalue weighted by Crippen LogP contribution is 2.41. The van der Waals surface area contributed by atoms with Gasteiger partial charge < -0.3 is 25.3 Å². The van der Waals surface area contributed by atoms with Crippen molar-refractivity contribution in [1.82, 2.24) is 15.0 Å². The van der Waals surface area contributed by atoms with Crippen LogP contribution in [0.15, 0.2) is 24.3 Å². The van der Waals surface area contributed by atoms with E-state index in [0.29, 0.717) is 40.7 Å². The van der Waals surface area contributed by atoms with Crippen LogP contribution >= 0.6 is 0 Å². The van der Waals surface area contributed by atoms with Gasteiger partial charge in [0, 0.05) is 18.6 Å². The van der Waals surface area contributed by atoms with Crippen molar-refractivity contribution in [3.05, 3.63) is 41.3 Å². The number of halogens is 3. The number of nitrogens with one attached hydrogen (secondary N) is 1. The lowest BCUT2D eigenvalue weighted by molar-refractivity contribution is -0.137. The predicted molar refractivity (Wildman–Crippen MR) is 116 cm³/mol. The van der Waals surface area contributed by atoms with Crippen LogP contribution in [0.25, 0.3) is 10.9 Å². The smallest absolute Gasteiger partial charge is 0.416 e. The molecule has 1 aromatic carbocycles. The number of benzene rings is 1. The van der Waals surface area contributed by atoms with Gasteiger partial charge in [-0.1, -0.05) is 0 Å². The molecular weight excluding hydrogens is 439 g/mol. The van der Waals surface area contributed by atoms with Gasteiger partial charge in [0.15, 0.2) is 11.5 Å². The first kappa shape index (κ1) is 22.8. The molecule has 0 aliphatic heterocycles. The largest absolute Gasteiger partial charge is 0.493 e. The molecule has 0 saturated heterocycles. The van der Waals surface area contributed by atoms with Crippen LogP contribution in [0, 0.1) is 6.92 Å². The van der Waals surface area contributed by atoms with E-state index in [1.807, 2.05) is 0 Å². The van der Waals surface area contributed by atoms with Crippen LogP contribution in [-0.4, -0.2) is 41.4 Å². The molecule has 1 aliphatic rings. The van der Waals surface area contributed by atoms with E-state index in [4.69, 9.17) is 19.9 Å². The number of rotatable bonds is 8. The van der Waals surface area contributed by atoms with Crippen molar-refractivity contribution < 1.29 is 27.4 Å². The second-order valence-corrected chi connectivity index (χ2v) is 7.94. The van der Waals surface area contributed by atoms with Crippen molar-refractivity contribution in [3.63, 3.8) is 0 Å². The zero-order chi connectivity index (χ0) is 23.8. The number of nitrogens with two attached hydrogens (primary N) is 1. The molecule has 1 saturated carbocycles. The summed E-state index contributed by atoms with van der Waals surface area (Å²) in [5, 5.41) is 3.68. The van der Waals surface area contributed by atoms with Crippen LogP contribution in [0.4, 0.5) is 24.8 Å². The molecule has 176 valence electrons. The molecule has 0 unspecified atom stereocenters. The third-order valence-corrected chi connectivity index (χ3v) is 5.49. The summed E-state index contributed by atoms with van der Waals surface area (Å²) in [4.78, 5) is 12.9. The van der Waals surface area contributed by atoms with Crippen molar-refractivity contribution in [3.8, 4) is 11.5 Å². The van der Waals surface area contributed by atoms with Crippen LogP contribution in [0.1, 0.15) is 29.9 Å². The minimum Gasteiger partial charge on any atom is -0.493 e. The fraction of sp³-hybridized carbons (Fsp3) is 0.409. The van der Waals surface area contributed by atoms with Crippen molar-refractivity contribution in [2.45, 2.75) is 38.1 Å². The Labute approximate surface area is 188 Å². The number of aromatic nitrogens is 3. The second-order valence-electron chi connectivity index (χ2n) is 7.94. The van der Waals surface area contributed by atoms with E-state index in [1.54, 1.807) is 26.2 Å². The number of fused-ring (bicyclic) bond motifs is 1. The molecule has 33 heavy (non-hydrogen) atoms. The molecule has 4 rings (SSSR count). The topological polar surface area (TPSA) is 104 Å². The lowest BCUT2D eigenvalue weighted by atomic mass is 10.2. The Hall–Kier alpha value is -3.34. The third kappa shape index (κ3) is 5.03. The number of pyridine rings is 1. The highest BCUT2D eigenvalue weighted by Gasteiger charge is 2.44. The van der Waals surface area contributed by atoms with Crippen LogP contribution < -0.4 is 20.5 Å². The van der Waals surface area contributed by atoms with E-state index >= 15 is 0 Å². The number of nitrogens with zero attached hydrogens (tertiary/aromatic N) is 3. The molecule has 8 nitrogen and oxygen atoms in total. The number of aryl methyl sites for hydroxylation is 1. The van der Waals surface area contributed by atoms with Gasteiger partial charge in [-0.25, -0.2) is 15.0 Å². The highest BCUT2D eigenvalue weighted by molar-refractivity contribution is 5.91. The first-order chi connectivity index (χ1) is 15.6. The van der Waals surface area contributed by atoms with E-state index in [9.17, 15) is 13.2 Å². The van der Waals surface area contributed by atoms with Gasteiger partial charge in [0.25, 0.3) is 0 Å². The average Bonchev–Trinajstić information content (AvgIpc) is 3.55. The zero-order valence-electron chi connectivity index (χ0n) is 18.4. The molecule has 3 N–H and O–H groups in total. The molecule has 0 amide bonds. The molecule has 2 heterocycles. The Bertz CT molecular complexity index is 1180. The molecule has 0 atom stereocenters. The molecule has 0 radical (unpaired) electrons. The van der Waals surface area contributed by atoms with Crippen LogP contribution in [-0.2, 0) is 17.5 Å². The van der Waals surface area contributed by atoms with Gasteiger partial charge in [-0.2, -0.15) is 13.2 Å². The summed E-state index contributed by atoms with van der Waals surface area (Å²) in [7, 11) is 3.19. The van der Waals surface area contributed by atoms with Gasteiger partial charge >= 0.3 is 6.18 Å². The molecule has 2 aromatic heterocycles. The van der Waals surface area contributed by atoms with Crippen LogP contribution in [0.3, 0.4) is 0 Å². The molecule has 0 bridgehead atoms. The number of ether oxygens (including phenoxy) is 3. The Morgan fingerprint density at radius 2 is 1.82 bits per heavy atom. The summed E-state index contributed by atoms with van der Waals surface area (Å²) < 4.78 is 56.3. The minimum absolute atomic E-state index is 0.0192. The number of methoxy groups -OCH3 is 2. The lowest BCUT2D eigenvalue weighted by Gasteiger charge is -2.18. The SMILES string of the molecule is COc1cc2nc(C)nc(NCc3cc(C(F)(F)F)cc(N)n3)c2cc1OCC1(OC)CC1. The van der Waals surface area contributed by atoms with Crippen molar-refractivity contribution in [1.29, 1.82) is 0 Å². The first-order valence-electron chi connectivity index (χ1n) is 10.2. The lowest BCUT2D eigenvalue weighted by Crippen LogP contribution is -2.21. The summed E-state index contributed by atoms with van der Waals surface area (Å²) in [6, 6.07) is 5.24. The summed E-state index contributed by atoms with van der Waals surface area (Å²) in [5.74, 6) is 1.69. The van der Waals surface area contributed by atoms with Gasteiger partial charge in [0.1, 0.15) is 29.7 Å². The number of hydrogen-bond acceptors (Lipinski definition) is 8. The third-order valence-electron chi connectivity index (χ3n) is 5.49. The molecule has 11 heteroatoms. The maximum Gasteiger partial charge on any atom is 0.416 e. The van der Waals surface area contributed by atoms with E-state index in [2.05, 4.69) is 20.3 Å². The zero-order valence-corrected chi connectivity index (χ0v) is 18.4. The molecule has 0 spiro atoms. The number of anilines is 2. The van der Waals surface area contributed by atoms with Crippen molar-refractivity contribution >= 4 is 22.5 Å². The molecular formula is C22H24F3N5O3. The highest BCUT2D eigenvalue weighted by atomic mass is 19.4. The normalized spacial score (nSPS) is 14.8. The minimum atomic E-state index is -4.52. The second kappa shape index (κ2) is 8.54. The van der Waals surface area contributed by atoms with Crippen LogP contribution in [0.2, 0.25) is 0 Å². The van der Waals surface area contributed by atoms with Crippen molar-refractivity contribution in [2.75, 3.05) is 31.9 Å². The van der Waals surface area contributed by atoms with Gasteiger partial charge in [-0.15, -0.1) is 0 Å². The monoisotopic (exact) mass is 463 g/mol.